The van der Waals surface area contributed by atoms with E-state index in [1.165, 1.54) is 15.6 Å². The van der Waals surface area contributed by atoms with Gasteiger partial charge in [0.15, 0.2) is 0 Å². The van der Waals surface area contributed by atoms with Gasteiger partial charge >= 0.3 is 0 Å². The third-order valence-corrected chi connectivity index (χ3v) is 10.0. The fourth-order valence-corrected chi connectivity index (χ4v) is 6.75. The van der Waals surface area contributed by atoms with Crippen molar-refractivity contribution in [3.05, 3.63) is 52.2 Å². The van der Waals surface area contributed by atoms with Crippen molar-refractivity contribution in [2.75, 3.05) is 13.2 Å². The molecule has 6 nitrogen and oxygen atoms in total. The molecule has 0 aliphatic carbocycles. The molecule has 180 valence electrons. The van der Waals surface area contributed by atoms with Gasteiger partial charge in [-0.3, -0.25) is 0 Å². The fraction of sp³-hybridized carbons (Fsp3) is 0.565. The van der Waals surface area contributed by atoms with E-state index in [0.717, 1.165) is 9.75 Å². The summed E-state index contributed by atoms with van der Waals surface area (Å²) in [7, 11) is -5.02. The highest BCUT2D eigenvalue weighted by atomic mass is 32.2. The summed E-state index contributed by atoms with van der Waals surface area (Å²) >= 11 is 1.44. The SMILES string of the molecule is CC(C)CCN([C@H](CO)c1ccc([C@@H](C)N[S@](=O)C(C)(C)C)s1)S(=O)(=O)c1ccccc1. The molecular formula is C23H36N2O4S3. The van der Waals surface area contributed by atoms with Crippen molar-refractivity contribution in [1.29, 1.82) is 0 Å². The summed E-state index contributed by atoms with van der Waals surface area (Å²) < 4.78 is 43.6. The molecule has 0 spiro atoms. The lowest BCUT2D eigenvalue weighted by atomic mass is 10.1. The molecule has 0 radical (unpaired) electrons. The first-order valence-electron chi connectivity index (χ1n) is 10.8. The Morgan fingerprint density at radius 2 is 1.66 bits per heavy atom. The second kappa shape index (κ2) is 11.4. The van der Waals surface area contributed by atoms with Crippen LogP contribution in [0.5, 0.6) is 0 Å². The molecule has 2 rings (SSSR count). The van der Waals surface area contributed by atoms with Gasteiger partial charge < -0.3 is 5.11 Å². The van der Waals surface area contributed by atoms with Gasteiger partial charge in [-0.25, -0.2) is 17.3 Å². The number of thiophene rings is 1. The Hall–Kier alpha value is -1.10. The van der Waals surface area contributed by atoms with E-state index in [2.05, 4.69) is 4.72 Å². The molecule has 0 unspecified atom stereocenters. The first-order chi connectivity index (χ1) is 14.9. The number of nitrogens with zero attached hydrogens (tertiary/aromatic N) is 1. The normalized spacial score (nSPS) is 15.8. The van der Waals surface area contributed by atoms with Gasteiger partial charge in [0.2, 0.25) is 10.0 Å². The Morgan fingerprint density at radius 1 is 1.06 bits per heavy atom. The third kappa shape index (κ3) is 6.95. The highest BCUT2D eigenvalue weighted by Crippen LogP contribution is 2.34. The van der Waals surface area contributed by atoms with Gasteiger partial charge in [0.1, 0.15) is 0 Å². The van der Waals surface area contributed by atoms with Crippen molar-refractivity contribution in [3.63, 3.8) is 0 Å². The fourth-order valence-electron chi connectivity index (χ4n) is 3.06. The molecule has 2 N–H and O–H groups in total. The van der Waals surface area contributed by atoms with Crippen LogP contribution >= 0.6 is 11.3 Å². The zero-order chi connectivity index (χ0) is 24.1. The topological polar surface area (TPSA) is 86.7 Å². The van der Waals surface area contributed by atoms with Gasteiger partial charge in [0.05, 0.1) is 39.3 Å². The molecule has 2 aromatic rings. The van der Waals surface area contributed by atoms with Crippen molar-refractivity contribution < 1.29 is 17.7 Å². The molecule has 32 heavy (non-hydrogen) atoms. The molecule has 0 bridgehead atoms. The van der Waals surface area contributed by atoms with E-state index in [1.54, 1.807) is 30.3 Å². The van der Waals surface area contributed by atoms with Crippen LogP contribution < -0.4 is 4.72 Å². The number of rotatable bonds is 11. The lowest BCUT2D eigenvalue weighted by Crippen LogP contribution is -2.37. The number of hydrogen-bond acceptors (Lipinski definition) is 5. The van der Waals surface area contributed by atoms with E-state index in [-0.39, 0.29) is 22.3 Å². The van der Waals surface area contributed by atoms with Crippen LogP contribution in [0.1, 0.15) is 69.8 Å². The third-order valence-electron chi connectivity index (χ3n) is 5.04. The van der Waals surface area contributed by atoms with Crippen LogP contribution in [-0.2, 0) is 21.0 Å². The maximum atomic E-state index is 13.5. The smallest absolute Gasteiger partial charge is 0.243 e. The minimum atomic E-state index is -3.79. The number of sulfonamides is 1. The van der Waals surface area contributed by atoms with Crippen LogP contribution in [-0.4, -0.2) is 39.9 Å². The summed E-state index contributed by atoms with van der Waals surface area (Å²) in [6.45, 7) is 11.8. The highest BCUT2D eigenvalue weighted by molar-refractivity contribution is 7.89. The van der Waals surface area contributed by atoms with Crippen molar-refractivity contribution in [3.8, 4) is 0 Å². The number of benzene rings is 1. The predicted octanol–water partition coefficient (Wildman–Crippen LogP) is 4.63. The van der Waals surface area contributed by atoms with Crippen LogP contribution in [0.25, 0.3) is 0 Å². The standard InChI is InChI=1S/C23H36N2O4S3/c1-17(2)14-15-25(32(28,29)19-10-8-7-9-11-19)20(16-26)22-13-12-21(30-22)18(3)24-31(27)23(4,5)6/h7-13,17-18,20,24,26H,14-16H2,1-6H3/t18-,20-,31-/m1/s1. The van der Waals surface area contributed by atoms with Gasteiger partial charge in [-0.2, -0.15) is 4.31 Å². The van der Waals surface area contributed by atoms with E-state index in [4.69, 9.17) is 0 Å². The van der Waals surface area contributed by atoms with Crippen molar-refractivity contribution in [1.82, 2.24) is 9.03 Å². The van der Waals surface area contributed by atoms with Crippen molar-refractivity contribution >= 4 is 32.3 Å². The number of aliphatic hydroxyl groups is 1. The maximum Gasteiger partial charge on any atom is 0.243 e. The van der Waals surface area contributed by atoms with E-state index in [1.807, 2.05) is 53.7 Å². The Balaban J connectivity index is 2.36. The minimum Gasteiger partial charge on any atom is -0.394 e. The molecule has 0 amide bonds. The van der Waals surface area contributed by atoms with Crippen LogP contribution in [0.2, 0.25) is 0 Å². The Morgan fingerprint density at radius 3 is 2.19 bits per heavy atom. The van der Waals surface area contributed by atoms with Crippen LogP contribution in [0, 0.1) is 5.92 Å². The average molecular weight is 501 g/mol. The second-order valence-electron chi connectivity index (χ2n) is 9.27. The van der Waals surface area contributed by atoms with E-state index in [0.29, 0.717) is 18.9 Å². The van der Waals surface area contributed by atoms with Crippen LogP contribution in [0.4, 0.5) is 0 Å². The molecule has 1 aromatic heterocycles. The lowest BCUT2D eigenvalue weighted by Gasteiger charge is -2.30. The zero-order valence-corrected chi connectivity index (χ0v) is 22.2. The predicted molar refractivity (Wildman–Crippen MR) is 133 cm³/mol. The van der Waals surface area contributed by atoms with Gasteiger partial charge in [-0.15, -0.1) is 11.3 Å². The van der Waals surface area contributed by atoms with Gasteiger partial charge in [0.25, 0.3) is 0 Å². The molecule has 3 atom stereocenters. The molecule has 9 heteroatoms. The molecule has 0 aliphatic heterocycles. The van der Waals surface area contributed by atoms with Crippen molar-refractivity contribution in [2.24, 2.45) is 5.92 Å². The summed E-state index contributed by atoms with van der Waals surface area (Å²) in [6.07, 6.45) is 0.684. The number of hydrogen-bond donors (Lipinski definition) is 2. The van der Waals surface area contributed by atoms with Crippen LogP contribution in [0.3, 0.4) is 0 Å². The largest absolute Gasteiger partial charge is 0.394 e. The van der Waals surface area contributed by atoms with E-state index in [9.17, 15) is 17.7 Å². The Kier molecular flexibility index (Phi) is 9.63. The first kappa shape index (κ1) is 27.1. The molecular weight excluding hydrogens is 464 g/mol. The second-order valence-corrected chi connectivity index (χ2v) is 14.3. The van der Waals surface area contributed by atoms with Crippen molar-refractivity contribution in [2.45, 2.75) is 69.7 Å². The highest BCUT2D eigenvalue weighted by Gasteiger charge is 2.33. The monoisotopic (exact) mass is 500 g/mol. The van der Waals surface area contributed by atoms with Crippen LogP contribution in [0.15, 0.2) is 47.4 Å². The molecule has 0 saturated carbocycles. The van der Waals surface area contributed by atoms with E-state index >= 15 is 0 Å². The molecule has 1 aromatic carbocycles. The zero-order valence-electron chi connectivity index (χ0n) is 19.7. The maximum absolute atomic E-state index is 13.5. The first-order valence-corrected chi connectivity index (χ1v) is 14.2. The molecule has 0 saturated heterocycles. The Bertz CT molecular complexity index is 982. The minimum absolute atomic E-state index is 0.164. The number of aliphatic hydroxyl groups excluding tert-OH is 1. The summed E-state index contributed by atoms with van der Waals surface area (Å²) in [4.78, 5) is 1.92. The van der Waals surface area contributed by atoms with Gasteiger partial charge in [0, 0.05) is 16.3 Å². The average Bonchev–Trinajstić information content (AvgIpc) is 3.20. The quantitative estimate of drug-likeness (QED) is 0.471. The molecule has 0 aliphatic rings. The lowest BCUT2D eigenvalue weighted by molar-refractivity contribution is 0.186. The number of nitrogens with one attached hydrogen (secondary N) is 1. The van der Waals surface area contributed by atoms with Gasteiger partial charge in [-0.1, -0.05) is 32.0 Å². The van der Waals surface area contributed by atoms with E-state index < -0.39 is 27.1 Å². The molecule has 1 heterocycles. The summed E-state index contributed by atoms with van der Waals surface area (Å²) in [5.41, 5.74) is 0. The summed E-state index contributed by atoms with van der Waals surface area (Å²) in [6, 6.07) is 11.3. The summed E-state index contributed by atoms with van der Waals surface area (Å²) in [5.74, 6) is 0.318. The van der Waals surface area contributed by atoms with Gasteiger partial charge in [-0.05, 0) is 64.3 Å². The molecule has 0 fully saturated rings. The summed E-state index contributed by atoms with van der Waals surface area (Å²) in [5, 5.41) is 10.3. The Labute approximate surface area is 199 Å².